The number of carbonyl (C=O) groups excluding carboxylic acids is 2. The van der Waals surface area contributed by atoms with Crippen LogP contribution in [0, 0.1) is 0 Å². The summed E-state index contributed by atoms with van der Waals surface area (Å²) in [5.74, 6) is -2.95. The molecule has 0 saturated carbocycles. The number of hydrogen-bond acceptors (Lipinski definition) is 3. The molecule has 9 heteroatoms. The van der Waals surface area contributed by atoms with E-state index in [2.05, 4.69) is 0 Å². The maximum atomic E-state index is 12.5. The van der Waals surface area contributed by atoms with Gasteiger partial charge in [-0.05, 0) is 6.42 Å². The molecule has 0 aromatic heterocycles. The Labute approximate surface area is 152 Å². The SMILES string of the molecule is CCCCC(C(=O)O)N1C(=O)c2c(Cl)c(Cl)c(Cl)c(Cl)c2C1=O. The van der Waals surface area contributed by atoms with Crippen LogP contribution in [0.1, 0.15) is 46.9 Å². The first-order valence-electron chi connectivity index (χ1n) is 6.70. The summed E-state index contributed by atoms with van der Waals surface area (Å²) in [6.07, 6.45) is 1.38. The van der Waals surface area contributed by atoms with Gasteiger partial charge in [0.1, 0.15) is 6.04 Å². The van der Waals surface area contributed by atoms with Gasteiger partial charge in [0, 0.05) is 0 Å². The van der Waals surface area contributed by atoms with Gasteiger partial charge in [-0.3, -0.25) is 14.5 Å². The van der Waals surface area contributed by atoms with Crippen molar-refractivity contribution in [1.29, 1.82) is 0 Å². The fourth-order valence-corrected chi connectivity index (χ4v) is 3.42. The number of rotatable bonds is 5. The molecule has 1 N–H and O–H groups in total. The molecule has 0 fully saturated rings. The van der Waals surface area contributed by atoms with Gasteiger partial charge in [-0.25, -0.2) is 4.79 Å². The molecule has 1 heterocycles. The number of hydrogen-bond donors (Lipinski definition) is 1. The Kier molecular flexibility index (Phi) is 5.46. The van der Waals surface area contributed by atoms with Crippen molar-refractivity contribution in [1.82, 2.24) is 4.90 Å². The summed E-state index contributed by atoms with van der Waals surface area (Å²) in [6, 6.07) is -1.30. The van der Waals surface area contributed by atoms with Crippen molar-refractivity contribution in [2.75, 3.05) is 0 Å². The number of aliphatic carboxylic acids is 1. The number of benzene rings is 1. The summed E-state index contributed by atoms with van der Waals surface area (Å²) >= 11 is 23.8. The zero-order valence-corrected chi connectivity index (χ0v) is 14.9. The molecule has 1 aliphatic heterocycles. The molecule has 1 aliphatic rings. The number of nitrogens with zero attached hydrogens (tertiary/aromatic N) is 1. The first-order chi connectivity index (χ1) is 10.7. The monoisotopic (exact) mass is 397 g/mol. The Morgan fingerprint density at radius 3 is 1.78 bits per heavy atom. The van der Waals surface area contributed by atoms with Crippen LogP contribution in [-0.2, 0) is 4.79 Å². The molecular formula is C14H11Cl4NO4. The fourth-order valence-electron chi connectivity index (χ4n) is 2.41. The minimum atomic E-state index is -1.30. The second-order valence-electron chi connectivity index (χ2n) is 4.98. The number of halogens is 4. The zero-order chi connectivity index (χ0) is 17.5. The highest BCUT2D eigenvalue weighted by Gasteiger charge is 2.46. The predicted octanol–water partition coefficient (Wildman–Crippen LogP) is 4.54. The number of carboxylic acid groups (broad SMARTS) is 1. The van der Waals surface area contributed by atoms with E-state index >= 15 is 0 Å². The van der Waals surface area contributed by atoms with Crippen LogP contribution in [0.4, 0.5) is 0 Å². The Hall–Kier alpha value is -1.01. The molecule has 0 bridgehead atoms. The van der Waals surface area contributed by atoms with Crippen LogP contribution in [0.5, 0.6) is 0 Å². The smallest absolute Gasteiger partial charge is 0.326 e. The lowest BCUT2D eigenvalue weighted by atomic mass is 10.1. The molecule has 0 aliphatic carbocycles. The van der Waals surface area contributed by atoms with Gasteiger partial charge in [0.25, 0.3) is 11.8 Å². The lowest BCUT2D eigenvalue weighted by molar-refractivity contribution is -0.141. The summed E-state index contributed by atoms with van der Waals surface area (Å²) in [7, 11) is 0. The van der Waals surface area contributed by atoms with E-state index in [9.17, 15) is 19.5 Å². The van der Waals surface area contributed by atoms with Crippen molar-refractivity contribution < 1.29 is 19.5 Å². The number of imide groups is 1. The molecule has 1 atom stereocenters. The van der Waals surface area contributed by atoms with Crippen LogP contribution < -0.4 is 0 Å². The molecule has 124 valence electrons. The molecule has 2 rings (SSSR count). The number of carbonyl (C=O) groups is 3. The van der Waals surface area contributed by atoms with E-state index in [0.717, 1.165) is 0 Å². The average Bonchev–Trinajstić information content (AvgIpc) is 2.75. The van der Waals surface area contributed by atoms with Crippen molar-refractivity contribution in [2.24, 2.45) is 0 Å². The van der Waals surface area contributed by atoms with E-state index in [1.807, 2.05) is 6.92 Å². The maximum Gasteiger partial charge on any atom is 0.326 e. The average molecular weight is 399 g/mol. The minimum absolute atomic E-state index is 0.133. The highest BCUT2D eigenvalue weighted by Crippen LogP contribution is 2.45. The minimum Gasteiger partial charge on any atom is -0.480 e. The van der Waals surface area contributed by atoms with Crippen molar-refractivity contribution in [3.05, 3.63) is 31.2 Å². The van der Waals surface area contributed by atoms with Crippen LogP contribution in [0.3, 0.4) is 0 Å². The third-order valence-electron chi connectivity index (χ3n) is 3.56. The second-order valence-corrected chi connectivity index (χ2v) is 6.49. The molecule has 0 radical (unpaired) electrons. The molecule has 0 spiro atoms. The second kappa shape index (κ2) is 6.85. The lowest BCUT2D eigenvalue weighted by Crippen LogP contribution is -2.44. The van der Waals surface area contributed by atoms with E-state index in [-0.39, 0.29) is 37.6 Å². The summed E-state index contributed by atoms with van der Waals surface area (Å²) in [6.45, 7) is 1.87. The van der Waals surface area contributed by atoms with Gasteiger partial charge in [-0.1, -0.05) is 66.2 Å². The van der Waals surface area contributed by atoms with Gasteiger partial charge in [-0.15, -0.1) is 0 Å². The molecular weight excluding hydrogens is 388 g/mol. The third-order valence-corrected chi connectivity index (χ3v) is 5.36. The van der Waals surface area contributed by atoms with Crippen molar-refractivity contribution in [3.63, 3.8) is 0 Å². The number of amides is 2. The normalized spacial score (nSPS) is 15.1. The summed E-state index contributed by atoms with van der Waals surface area (Å²) in [5, 5.41) is 8.63. The highest BCUT2D eigenvalue weighted by atomic mass is 35.5. The van der Waals surface area contributed by atoms with Gasteiger partial charge < -0.3 is 5.11 Å². The molecule has 1 aromatic carbocycles. The van der Waals surface area contributed by atoms with E-state index in [1.165, 1.54) is 0 Å². The van der Waals surface area contributed by atoms with Crippen LogP contribution in [0.2, 0.25) is 20.1 Å². The van der Waals surface area contributed by atoms with Crippen molar-refractivity contribution in [2.45, 2.75) is 32.2 Å². The number of carboxylic acids is 1. The Bertz CT molecular complexity index is 672. The third kappa shape index (κ3) is 2.91. The quantitative estimate of drug-likeness (QED) is 0.448. The van der Waals surface area contributed by atoms with Crippen LogP contribution in [-0.4, -0.2) is 33.8 Å². The Balaban J connectivity index is 2.59. The number of unbranched alkanes of at least 4 members (excludes halogenated alkanes) is 1. The first kappa shape index (κ1) is 18.3. The van der Waals surface area contributed by atoms with E-state index in [0.29, 0.717) is 17.7 Å². The van der Waals surface area contributed by atoms with E-state index in [1.54, 1.807) is 0 Å². The summed E-state index contributed by atoms with van der Waals surface area (Å²) < 4.78 is 0. The highest BCUT2D eigenvalue weighted by molar-refractivity contribution is 6.55. The largest absolute Gasteiger partial charge is 0.480 e. The maximum absolute atomic E-state index is 12.5. The van der Waals surface area contributed by atoms with Gasteiger partial charge in [-0.2, -0.15) is 0 Å². The van der Waals surface area contributed by atoms with Crippen molar-refractivity contribution in [3.8, 4) is 0 Å². The standard InChI is InChI=1S/C14H11Cl4NO4/c1-2-3-4-5(14(22)23)19-12(20)6-7(13(19)21)9(16)11(18)10(17)8(6)15/h5H,2-4H2,1H3,(H,22,23). The molecule has 1 unspecified atom stereocenters. The fraction of sp³-hybridized carbons (Fsp3) is 0.357. The lowest BCUT2D eigenvalue weighted by Gasteiger charge is -2.22. The van der Waals surface area contributed by atoms with Crippen molar-refractivity contribution >= 4 is 64.2 Å². The van der Waals surface area contributed by atoms with Gasteiger partial charge >= 0.3 is 5.97 Å². The van der Waals surface area contributed by atoms with Gasteiger partial charge in [0.05, 0.1) is 31.2 Å². The molecule has 23 heavy (non-hydrogen) atoms. The van der Waals surface area contributed by atoms with E-state index in [4.69, 9.17) is 46.4 Å². The predicted molar refractivity (Wildman–Crippen MR) is 87.9 cm³/mol. The molecule has 5 nitrogen and oxygen atoms in total. The van der Waals surface area contributed by atoms with Gasteiger partial charge in [0.15, 0.2) is 0 Å². The summed E-state index contributed by atoms with van der Waals surface area (Å²) in [5.41, 5.74) is -0.419. The molecule has 2 amide bonds. The zero-order valence-electron chi connectivity index (χ0n) is 11.8. The van der Waals surface area contributed by atoms with E-state index < -0.39 is 23.8 Å². The van der Waals surface area contributed by atoms with Crippen LogP contribution in [0.25, 0.3) is 0 Å². The van der Waals surface area contributed by atoms with Crippen LogP contribution in [0.15, 0.2) is 0 Å². The first-order valence-corrected chi connectivity index (χ1v) is 8.21. The Morgan fingerprint density at radius 2 is 1.43 bits per heavy atom. The number of fused-ring (bicyclic) bond motifs is 1. The topological polar surface area (TPSA) is 74.7 Å². The van der Waals surface area contributed by atoms with Crippen LogP contribution >= 0.6 is 46.4 Å². The Morgan fingerprint density at radius 1 is 1.00 bits per heavy atom. The molecule has 1 aromatic rings. The summed E-state index contributed by atoms with van der Waals surface area (Å²) in [4.78, 5) is 37.2. The molecule has 0 saturated heterocycles. The van der Waals surface area contributed by atoms with Gasteiger partial charge in [0.2, 0.25) is 0 Å².